The van der Waals surface area contributed by atoms with Gasteiger partial charge >= 0.3 is 6.18 Å². The first-order chi connectivity index (χ1) is 11.3. The van der Waals surface area contributed by atoms with Crippen molar-refractivity contribution in [2.75, 3.05) is 17.2 Å². The summed E-state index contributed by atoms with van der Waals surface area (Å²) in [5.74, 6) is -0.872. The zero-order chi connectivity index (χ0) is 17.7. The number of hydrogen-bond acceptors (Lipinski definition) is 2. The molecule has 0 aliphatic rings. The van der Waals surface area contributed by atoms with Gasteiger partial charge in [0, 0.05) is 18.7 Å². The summed E-state index contributed by atoms with van der Waals surface area (Å²) < 4.78 is 50.7. The quantitative estimate of drug-likeness (QED) is 0.742. The summed E-state index contributed by atoms with van der Waals surface area (Å²) in [6.45, 7) is 0.230. The molecule has 0 fully saturated rings. The third kappa shape index (κ3) is 5.13. The van der Waals surface area contributed by atoms with Crippen LogP contribution in [-0.2, 0) is 11.0 Å². The van der Waals surface area contributed by atoms with Crippen molar-refractivity contribution in [2.45, 2.75) is 12.6 Å². The van der Waals surface area contributed by atoms with Crippen LogP contribution in [0.4, 0.5) is 28.9 Å². The number of benzene rings is 2. The minimum absolute atomic E-state index is 0.00392. The molecule has 0 heterocycles. The fraction of sp³-hybridized carbons (Fsp3) is 0.188. The average Bonchev–Trinajstić information content (AvgIpc) is 2.50. The summed E-state index contributed by atoms with van der Waals surface area (Å²) in [6, 6.07) is 8.27. The highest BCUT2D eigenvalue weighted by molar-refractivity contribution is 6.33. The van der Waals surface area contributed by atoms with Crippen molar-refractivity contribution in [1.82, 2.24) is 0 Å². The number of carbonyl (C=O) groups excluding carboxylic acids is 1. The summed E-state index contributed by atoms with van der Waals surface area (Å²) >= 11 is 5.80. The van der Waals surface area contributed by atoms with Crippen LogP contribution in [0.15, 0.2) is 42.5 Å². The number of halogens is 5. The molecule has 0 aromatic heterocycles. The van der Waals surface area contributed by atoms with E-state index in [4.69, 9.17) is 11.6 Å². The lowest BCUT2D eigenvalue weighted by Gasteiger charge is -2.12. The number of anilines is 2. The second-order valence-electron chi connectivity index (χ2n) is 4.92. The maximum atomic E-state index is 12.7. The molecule has 0 aliphatic heterocycles. The zero-order valence-electron chi connectivity index (χ0n) is 12.3. The standard InChI is InChI=1S/C16H13ClF4N2O/c17-13-6-1-10(16(19,20)21)9-14(13)23-15(24)7-8-22-12-4-2-11(18)3-5-12/h1-6,9,22H,7-8H2,(H,23,24). The lowest BCUT2D eigenvalue weighted by Crippen LogP contribution is -2.17. The minimum Gasteiger partial charge on any atom is -0.385 e. The van der Waals surface area contributed by atoms with Crippen molar-refractivity contribution in [3.05, 3.63) is 58.9 Å². The van der Waals surface area contributed by atoms with Crippen molar-refractivity contribution < 1.29 is 22.4 Å². The second kappa shape index (κ2) is 7.53. The van der Waals surface area contributed by atoms with Gasteiger partial charge in [-0.2, -0.15) is 13.2 Å². The molecule has 2 aromatic rings. The molecule has 2 N–H and O–H groups in total. The highest BCUT2D eigenvalue weighted by Crippen LogP contribution is 2.33. The van der Waals surface area contributed by atoms with E-state index in [2.05, 4.69) is 10.6 Å². The Labute approximate surface area is 140 Å². The third-order valence-corrected chi connectivity index (χ3v) is 3.42. The molecule has 24 heavy (non-hydrogen) atoms. The lowest BCUT2D eigenvalue weighted by molar-refractivity contribution is -0.137. The van der Waals surface area contributed by atoms with Gasteiger partial charge in [-0.15, -0.1) is 0 Å². The smallest absolute Gasteiger partial charge is 0.385 e. The van der Waals surface area contributed by atoms with Crippen LogP contribution in [-0.4, -0.2) is 12.5 Å². The van der Waals surface area contributed by atoms with Crippen LogP contribution in [0, 0.1) is 5.82 Å². The summed E-state index contributed by atoms with van der Waals surface area (Å²) in [5, 5.41) is 5.26. The van der Waals surface area contributed by atoms with Crippen LogP contribution < -0.4 is 10.6 Å². The second-order valence-corrected chi connectivity index (χ2v) is 5.33. The maximum absolute atomic E-state index is 12.7. The normalized spacial score (nSPS) is 11.2. The monoisotopic (exact) mass is 360 g/mol. The molecule has 0 spiro atoms. The fourth-order valence-electron chi connectivity index (χ4n) is 1.90. The molecule has 1 amide bonds. The number of nitrogens with one attached hydrogen (secondary N) is 2. The molecule has 128 valence electrons. The van der Waals surface area contributed by atoms with Crippen molar-refractivity contribution in [2.24, 2.45) is 0 Å². The molecule has 2 aromatic carbocycles. The first kappa shape index (κ1) is 18.1. The van der Waals surface area contributed by atoms with Gasteiger partial charge < -0.3 is 10.6 Å². The Morgan fingerprint density at radius 2 is 1.75 bits per heavy atom. The van der Waals surface area contributed by atoms with E-state index in [-0.39, 0.29) is 29.5 Å². The summed E-state index contributed by atoms with van der Waals surface area (Å²) in [6.07, 6.45) is -4.52. The fourth-order valence-corrected chi connectivity index (χ4v) is 2.06. The van der Waals surface area contributed by atoms with E-state index in [0.717, 1.165) is 18.2 Å². The summed E-state index contributed by atoms with van der Waals surface area (Å²) in [5.41, 5.74) is -0.369. The Kier molecular flexibility index (Phi) is 5.66. The van der Waals surface area contributed by atoms with Gasteiger partial charge in [0.15, 0.2) is 0 Å². The first-order valence-corrected chi connectivity index (χ1v) is 7.29. The van der Waals surface area contributed by atoms with Gasteiger partial charge in [0.1, 0.15) is 5.82 Å². The van der Waals surface area contributed by atoms with E-state index in [1.165, 1.54) is 24.3 Å². The molecule has 0 atom stereocenters. The highest BCUT2D eigenvalue weighted by Gasteiger charge is 2.31. The first-order valence-electron chi connectivity index (χ1n) is 6.92. The average molecular weight is 361 g/mol. The highest BCUT2D eigenvalue weighted by atomic mass is 35.5. The van der Waals surface area contributed by atoms with Crippen LogP contribution in [0.2, 0.25) is 5.02 Å². The molecule has 0 unspecified atom stereocenters. The van der Waals surface area contributed by atoms with Gasteiger partial charge in [0.25, 0.3) is 0 Å². The van der Waals surface area contributed by atoms with E-state index >= 15 is 0 Å². The van der Waals surface area contributed by atoms with Crippen molar-refractivity contribution in [1.29, 1.82) is 0 Å². The Bertz CT molecular complexity index is 717. The van der Waals surface area contributed by atoms with Crippen LogP contribution in [0.5, 0.6) is 0 Å². The van der Waals surface area contributed by atoms with Gasteiger partial charge in [-0.1, -0.05) is 11.6 Å². The SMILES string of the molecule is O=C(CCNc1ccc(F)cc1)Nc1cc(C(F)(F)F)ccc1Cl. The van der Waals surface area contributed by atoms with E-state index in [1.807, 2.05) is 0 Å². The topological polar surface area (TPSA) is 41.1 Å². The Morgan fingerprint density at radius 3 is 2.38 bits per heavy atom. The molecule has 0 saturated heterocycles. The molecule has 0 bridgehead atoms. The molecule has 2 rings (SSSR count). The predicted molar refractivity (Wildman–Crippen MR) is 84.6 cm³/mol. The van der Waals surface area contributed by atoms with Crippen LogP contribution >= 0.6 is 11.6 Å². The molecule has 0 radical (unpaired) electrons. The molecule has 0 aliphatic carbocycles. The van der Waals surface area contributed by atoms with Gasteiger partial charge in [-0.25, -0.2) is 4.39 Å². The molecule has 3 nitrogen and oxygen atoms in total. The van der Waals surface area contributed by atoms with E-state index in [9.17, 15) is 22.4 Å². The molecule has 0 saturated carbocycles. The Morgan fingerprint density at radius 1 is 1.08 bits per heavy atom. The largest absolute Gasteiger partial charge is 0.416 e. The van der Waals surface area contributed by atoms with E-state index in [1.54, 1.807) is 0 Å². The Balaban J connectivity index is 1.91. The third-order valence-electron chi connectivity index (χ3n) is 3.09. The number of hydrogen-bond donors (Lipinski definition) is 2. The van der Waals surface area contributed by atoms with E-state index in [0.29, 0.717) is 5.69 Å². The minimum atomic E-state index is -4.52. The predicted octanol–water partition coefficient (Wildman–Crippen LogP) is 4.94. The van der Waals surface area contributed by atoms with Crippen LogP contribution in [0.3, 0.4) is 0 Å². The van der Waals surface area contributed by atoms with Gasteiger partial charge in [-0.05, 0) is 42.5 Å². The summed E-state index contributed by atoms with van der Waals surface area (Å²) in [7, 11) is 0. The molecule has 8 heteroatoms. The maximum Gasteiger partial charge on any atom is 0.416 e. The number of rotatable bonds is 5. The number of carbonyl (C=O) groups is 1. The van der Waals surface area contributed by atoms with Gasteiger partial charge in [0.2, 0.25) is 5.91 Å². The van der Waals surface area contributed by atoms with Crippen molar-refractivity contribution in [3.8, 4) is 0 Å². The summed E-state index contributed by atoms with van der Waals surface area (Å²) in [4.78, 5) is 11.8. The molecular weight excluding hydrogens is 348 g/mol. The van der Waals surface area contributed by atoms with E-state index < -0.39 is 17.6 Å². The number of amides is 1. The Hall–Kier alpha value is -2.28. The van der Waals surface area contributed by atoms with Crippen molar-refractivity contribution >= 4 is 28.9 Å². The van der Waals surface area contributed by atoms with Gasteiger partial charge in [0.05, 0.1) is 16.3 Å². The molecular formula is C16H13ClF4N2O. The van der Waals surface area contributed by atoms with Crippen LogP contribution in [0.25, 0.3) is 0 Å². The zero-order valence-corrected chi connectivity index (χ0v) is 13.0. The number of alkyl halides is 3. The van der Waals surface area contributed by atoms with Crippen LogP contribution in [0.1, 0.15) is 12.0 Å². The lowest BCUT2D eigenvalue weighted by atomic mass is 10.2. The van der Waals surface area contributed by atoms with Gasteiger partial charge in [-0.3, -0.25) is 4.79 Å². The van der Waals surface area contributed by atoms with Crippen molar-refractivity contribution in [3.63, 3.8) is 0 Å².